The maximum absolute atomic E-state index is 3.74. The van der Waals surface area contributed by atoms with Gasteiger partial charge in [0, 0.05) is 9.91 Å². The molecule has 0 spiro atoms. The van der Waals surface area contributed by atoms with Gasteiger partial charge in [-0.2, -0.15) is 0 Å². The minimum absolute atomic E-state index is 1.04. The molecule has 0 heterocycles. The highest BCUT2D eigenvalue weighted by Gasteiger charge is 2.34. The van der Waals surface area contributed by atoms with Crippen LogP contribution in [0.4, 0.5) is 0 Å². The summed E-state index contributed by atoms with van der Waals surface area (Å²) < 4.78 is 0. The van der Waals surface area contributed by atoms with E-state index >= 15 is 0 Å². The van der Waals surface area contributed by atoms with Gasteiger partial charge >= 0.3 is 0 Å². The van der Waals surface area contributed by atoms with Crippen LogP contribution in [0, 0.1) is 0 Å². The molecule has 0 atom stereocenters. The normalized spacial score (nSPS) is 11.4. The van der Waals surface area contributed by atoms with Crippen molar-refractivity contribution in [3.8, 4) is 0 Å². The molecule has 0 saturated carbocycles. The predicted octanol–water partition coefficient (Wildman–Crippen LogP) is 3.12. The first-order valence-corrected chi connectivity index (χ1v) is 10.2. The van der Waals surface area contributed by atoms with E-state index in [0.29, 0.717) is 0 Å². The van der Waals surface area contributed by atoms with E-state index in [4.69, 9.17) is 0 Å². The summed E-state index contributed by atoms with van der Waals surface area (Å²) in [6.45, 7) is 0. The zero-order valence-electron chi connectivity index (χ0n) is 9.44. The molecule has 3 heteroatoms. The van der Waals surface area contributed by atoms with Gasteiger partial charge in [-0.25, -0.2) is 0 Å². The fourth-order valence-electron chi connectivity index (χ4n) is 2.03. The number of rotatable bonds is 4. The van der Waals surface area contributed by atoms with Crippen LogP contribution in [0.1, 0.15) is 0 Å². The van der Waals surface area contributed by atoms with Crippen molar-refractivity contribution in [2.45, 2.75) is 0 Å². The van der Waals surface area contributed by atoms with Gasteiger partial charge in [0.05, 0.1) is 0 Å². The van der Waals surface area contributed by atoms with E-state index in [2.05, 4.69) is 92.5 Å². The first-order chi connectivity index (χ1) is 8.33. The van der Waals surface area contributed by atoms with Gasteiger partial charge in [-0.05, 0) is 0 Å². The zero-order chi connectivity index (χ0) is 12.1. The second kappa shape index (κ2) is 5.98. The molecule has 0 nitrogen and oxygen atoms in total. The molecular formula is C14H14Br2Si. The largest absolute Gasteiger partial charge is 0.138 e. The Morgan fingerprint density at radius 1 is 0.647 bits per heavy atom. The van der Waals surface area contributed by atoms with Crippen LogP contribution in [-0.4, -0.2) is 18.0 Å². The second-order valence-electron chi connectivity index (χ2n) is 4.08. The molecule has 0 amide bonds. The van der Waals surface area contributed by atoms with Crippen LogP contribution in [0.25, 0.3) is 0 Å². The first kappa shape index (κ1) is 13.1. The maximum atomic E-state index is 3.74. The van der Waals surface area contributed by atoms with E-state index < -0.39 is 8.07 Å². The van der Waals surface area contributed by atoms with Crippen molar-refractivity contribution in [3.05, 3.63) is 60.7 Å². The Kier molecular flexibility index (Phi) is 4.60. The summed E-state index contributed by atoms with van der Waals surface area (Å²) >= 11 is 7.48. The molecule has 0 saturated heterocycles. The fourth-order valence-corrected chi connectivity index (χ4v) is 11.4. The highest BCUT2D eigenvalue weighted by molar-refractivity contribution is 9.11. The van der Waals surface area contributed by atoms with Crippen LogP contribution in [0.5, 0.6) is 0 Å². The molecule has 2 rings (SSSR count). The average molecular weight is 370 g/mol. The average Bonchev–Trinajstić information content (AvgIpc) is 2.43. The topological polar surface area (TPSA) is 0 Å². The molecule has 0 aliphatic rings. The Labute approximate surface area is 120 Å². The molecule has 0 unspecified atom stereocenters. The van der Waals surface area contributed by atoms with Crippen molar-refractivity contribution in [3.63, 3.8) is 0 Å². The third-order valence-electron chi connectivity index (χ3n) is 3.11. The molecule has 0 radical (unpaired) electrons. The number of halogens is 2. The molecule has 0 bridgehead atoms. The van der Waals surface area contributed by atoms with Gasteiger partial charge < -0.3 is 0 Å². The molecule has 0 aromatic heterocycles. The van der Waals surface area contributed by atoms with Gasteiger partial charge in [0.1, 0.15) is 8.07 Å². The first-order valence-electron chi connectivity index (χ1n) is 5.56. The van der Waals surface area contributed by atoms with Crippen molar-refractivity contribution in [2.24, 2.45) is 0 Å². The molecular weight excluding hydrogens is 356 g/mol. The SMILES string of the molecule is BrC[Si](CBr)(c1ccccc1)c1ccccc1. The van der Waals surface area contributed by atoms with Gasteiger partial charge in [-0.3, -0.25) is 0 Å². The lowest BCUT2D eigenvalue weighted by atomic mass is 10.4. The van der Waals surface area contributed by atoms with E-state index in [1.165, 1.54) is 10.4 Å². The molecule has 0 N–H and O–H groups in total. The van der Waals surface area contributed by atoms with Crippen molar-refractivity contribution in [1.29, 1.82) is 0 Å². The lowest BCUT2D eigenvalue weighted by molar-refractivity contribution is 1.66. The lowest BCUT2D eigenvalue weighted by Gasteiger charge is -2.28. The summed E-state index contributed by atoms with van der Waals surface area (Å²) in [5, 5.41) is 2.94. The Hall–Kier alpha value is -0.383. The Balaban J connectivity index is 2.54. The highest BCUT2D eigenvalue weighted by Crippen LogP contribution is 2.12. The third kappa shape index (κ3) is 2.56. The van der Waals surface area contributed by atoms with Gasteiger partial charge in [0.25, 0.3) is 0 Å². The maximum Gasteiger partial charge on any atom is 0.138 e. The van der Waals surface area contributed by atoms with Crippen LogP contribution in [0.2, 0.25) is 0 Å². The molecule has 2 aromatic rings. The highest BCUT2D eigenvalue weighted by atomic mass is 79.9. The monoisotopic (exact) mass is 368 g/mol. The number of hydrogen-bond donors (Lipinski definition) is 0. The summed E-state index contributed by atoms with van der Waals surface area (Å²) in [6, 6.07) is 21.7. The molecule has 2 aromatic carbocycles. The lowest BCUT2D eigenvalue weighted by Crippen LogP contribution is -2.62. The van der Waals surface area contributed by atoms with Gasteiger partial charge in [0.15, 0.2) is 0 Å². The fraction of sp³-hybridized carbons (Fsp3) is 0.143. The minimum atomic E-state index is -1.66. The number of hydrogen-bond acceptors (Lipinski definition) is 0. The van der Waals surface area contributed by atoms with E-state index in [0.717, 1.165) is 9.91 Å². The zero-order valence-corrected chi connectivity index (χ0v) is 13.6. The minimum Gasteiger partial charge on any atom is -0.0954 e. The number of alkyl halides is 2. The van der Waals surface area contributed by atoms with E-state index in [1.54, 1.807) is 0 Å². The summed E-state index contributed by atoms with van der Waals surface area (Å²) in [7, 11) is -1.66. The quantitative estimate of drug-likeness (QED) is 0.573. The Morgan fingerprint density at radius 3 is 1.29 bits per heavy atom. The molecule has 17 heavy (non-hydrogen) atoms. The molecule has 88 valence electrons. The summed E-state index contributed by atoms with van der Waals surface area (Å²) in [6.07, 6.45) is 0. The van der Waals surface area contributed by atoms with Crippen molar-refractivity contribution >= 4 is 50.3 Å². The van der Waals surface area contributed by atoms with E-state index in [1.807, 2.05) is 0 Å². The van der Waals surface area contributed by atoms with Gasteiger partial charge in [-0.15, -0.1) is 0 Å². The number of benzene rings is 2. The van der Waals surface area contributed by atoms with Crippen LogP contribution < -0.4 is 10.4 Å². The smallest absolute Gasteiger partial charge is 0.0954 e. The molecule has 0 aliphatic heterocycles. The summed E-state index contributed by atoms with van der Waals surface area (Å²) in [4.78, 5) is 2.08. The van der Waals surface area contributed by atoms with Crippen molar-refractivity contribution < 1.29 is 0 Å². The molecule has 0 fully saturated rings. The Bertz CT molecular complexity index is 411. The van der Waals surface area contributed by atoms with Crippen LogP contribution in [-0.2, 0) is 0 Å². The second-order valence-corrected chi connectivity index (χ2v) is 11.3. The van der Waals surface area contributed by atoms with Crippen LogP contribution in [0.15, 0.2) is 60.7 Å². The van der Waals surface area contributed by atoms with Crippen molar-refractivity contribution in [2.75, 3.05) is 9.91 Å². The van der Waals surface area contributed by atoms with Gasteiger partial charge in [-0.1, -0.05) is 103 Å². The summed E-state index contributed by atoms with van der Waals surface area (Å²) in [5.74, 6) is 0. The van der Waals surface area contributed by atoms with E-state index in [9.17, 15) is 0 Å². The van der Waals surface area contributed by atoms with Crippen LogP contribution in [0.3, 0.4) is 0 Å². The predicted molar refractivity (Wildman–Crippen MR) is 85.5 cm³/mol. The van der Waals surface area contributed by atoms with Crippen molar-refractivity contribution in [1.82, 2.24) is 0 Å². The summed E-state index contributed by atoms with van der Waals surface area (Å²) in [5.41, 5.74) is 0. The van der Waals surface area contributed by atoms with E-state index in [-0.39, 0.29) is 0 Å². The van der Waals surface area contributed by atoms with Crippen LogP contribution >= 0.6 is 31.9 Å². The van der Waals surface area contributed by atoms with Gasteiger partial charge in [0.2, 0.25) is 0 Å². The molecule has 0 aliphatic carbocycles. The standard InChI is InChI=1S/C14H14Br2Si/c15-11-17(12-16,13-7-3-1-4-8-13)14-9-5-2-6-10-14/h1-10H,11-12H2. The Morgan fingerprint density at radius 2 is 1.00 bits per heavy atom. The third-order valence-corrected chi connectivity index (χ3v) is 12.6.